The van der Waals surface area contributed by atoms with Crippen molar-refractivity contribution in [1.29, 1.82) is 0 Å². The molecular formula is C16H20BrFN2O3. The Morgan fingerprint density at radius 1 is 1.43 bits per heavy atom. The molecule has 0 radical (unpaired) electrons. The molecule has 0 spiro atoms. The van der Waals surface area contributed by atoms with E-state index in [0.717, 1.165) is 0 Å². The van der Waals surface area contributed by atoms with Crippen LogP contribution in [0.2, 0.25) is 0 Å². The lowest BCUT2D eigenvalue weighted by Crippen LogP contribution is -2.53. The van der Waals surface area contributed by atoms with E-state index in [4.69, 9.17) is 4.74 Å². The molecule has 1 heterocycles. The molecule has 0 aliphatic carbocycles. The maximum atomic E-state index is 14.1. The Balaban J connectivity index is 2.10. The fourth-order valence-corrected chi connectivity index (χ4v) is 2.73. The van der Waals surface area contributed by atoms with Crippen molar-refractivity contribution in [2.45, 2.75) is 45.3 Å². The number of piperidine rings is 1. The van der Waals surface area contributed by atoms with E-state index in [2.05, 4.69) is 21.2 Å². The van der Waals surface area contributed by atoms with Crippen LogP contribution in [-0.2, 0) is 9.53 Å². The van der Waals surface area contributed by atoms with Crippen LogP contribution < -0.4 is 10.2 Å². The highest BCUT2D eigenvalue weighted by Crippen LogP contribution is 2.26. The number of carbonyl (C=O) groups excluding carboxylic acids is 2. The molecule has 1 atom stereocenters. The number of anilines is 1. The smallest absolute Gasteiger partial charge is 0.408 e. The van der Waals surface area contributed by atoms with Crippen LogP contribution in [0.5, 0.6) is 0 Å². The maximum absolute atomic E-state index is 14.1. The van der Waals surface area contributed by atoms with Gasteiger partial charge in [0.1, 0.15) is 17.5 Å². The topological polar surface area (TPSA) is 58.6 Å². The third kappa shape index (κ3) is 4.67. The van der Waals surface area contributed by atoms with Crippen molar-refractivity contribution < 1.29 is 18.7 Å². The molecule has 0 bridgehead atoms. The summed E-state index contributed by atoms with van der Waals surface area (Å²) in [5, 5.41) is 2.57. The second-order valence-electron chi connectivity index (χ2n) is 6.43. The largest absolute Gasteiger partial charge is 0.444 e. The molecule has 2 rings (SSSR count). The molecule has 1 unspecified atom stereocenters. The number of nitrogens with one attached hydrogen (secondary N) is 1. The molecule has 5 nitrogen and oxygen atoms in total. The normalized spacial score (nSPS) is 18.7. The van der Waals surface area contributed by atoms with Gasteiger partial charge in [-0.2, -0.15) is 0 Å². The van der Waals surface area contributed by atoms with Gasteiger partial charge in [0.2, 0.25) is 5.91 Å². The lowest BCUT2D eigenvalue weighted by atomic mass is 10.0. The first-order valence-corrected chi connectivity index (χ1v) is 8.22. The van der Waals surface area contributed by atoms with Gasteiger partial charge >= 0.3 is 6.09 Å². The van der Waals surface area contributed by atoms with E-state index < -0.39 is 23.6 Å². The Morgan fingerprint density at radius 3 is 2.74 bits per heavy atom. The van der Waals surface area contributed by atoms with Gasteiger partial charge in [0.15, 0.2) is 0 Å². The van der Waals surface area contributed by atoms with Crippen molar-refractivity contribution in [2.75, 3.05) is 11.4 Å². The van der Waals surface area contributed by atoms with Crippen LogP contribution in [0.1, 0.15) is 33.6 Å². The number of halogens is 2. The summed E-state index contributed by atoms with van der Waals surface area (Å²) in [5.41, 5.74) is -0.423. The summed E-state index contributed by atoms with van der Waals surface area (Å²) in [5.74, 6) is -0.811. The van der Waals surface area contributed by atoms with E-state index in [1.807, 2.05) is 0 Å². The summed E-state index contributed by atoms with van der Waals surface area (Å²) in [6.07, 6.45) is 0.531. The van der Waals surface area contributed by atoms with Crippen LogP contribution in [0, 0.1) is 5.82 Å². The van der Waals surface area contributed by atoms with E-state index in [1.165, 1.54) is 11.0 Å². The van der Waals surface area contributed by atoms with Gasteiger partial charge in [-0.3, -0.25) is 4.79 Å². The number of hydrogen-bond donors (Lipinski definition) is 1. The number of nitrogens with zero attached hydrogens (tertiary/aromatic N) is 1. The van der Waals surface area contributed by atoms with Gasteiger partial charge in [0.05, 0.1) is 5.69 Å². The molecule has 1 aliphatic heterocycles. The number of rotatable bonds is 2. The minimum atomic E-state index is -0.707. The Hall–Kier alpha value is -1.63. The first-order valence-electron chi connectivity index (χ1n) is 7.43. The van der Waals surface area contributed by atoms with E-state index in [-0.39, 0.29) is 11.6 Å². The van der Waals surface area contributed by atoms with Crippen molar-refractivity contribution in [3.05, 3.63) is 28.5 Å². The monoisotopic (exact) mass is 386 g/mol. The second-order valence-corrected chi connectivity index (χ2v) is 7.34. The number of carbonyl (C=O) groups is 2. The molecule has 23 heavy (non-hydrogen) atoms. The molecule has 1 aliphatic rings. The Morgan fingerprint density at radius 2 is 2.13 bits per heavy atom. The van der Waals surface area contributed by atoms with E-state index in [0.29, 0.717) is 23.9 Å². The van der Waals surface area contributed by atoms with E-state index in [1.54, 1.807) is 32.9 Å². The van der Waals surface area contributed by atoms with Crippen LogP contribution in [0.15, 0.2) is 22.7 Å². The standard InChI is InChI=1S/C16H20BrFN2O3/c1-16(2,3)23-15(22)19-12-5-4-8-20(14(12)21)13-7-6-10(17)9-11(13)18/h6-7,9,12H,4-5,8H2,1-3H3,(H,19,22). The molecule has 0 saturated carbocycles. The minimum absolute atomic E-state index is 0.217. The highest BCUT2D eigenvalue weighted by Gasteiger charge is 2.33. The van der Waals surface area contributed by atoms with Crippen LogP contribution >= 0.6 is 15.9 Å². The van der Waals surface area contributed by atoms with Gasteiger partial charge in [-0.15, -0.1) is 0 Å². The second kappa shape index (κ2) is 6.86. The van der Waals surface area contributed by atoms with Crippen LogP contribution in [0.3, 0.4) is 0 Å². The number of ether oxygens (including phenoxy) is 1. The van der Waals surface area contributed by atoms with Gasteiger partial charge in [-0.25, -0.2) is 9.18 Å². The molecule has 1 saturated heterocycles. The summed E-state index contributed by atoms with van der Waals surface area (Å²) in [6, 6.07) is 3.83. The van der Waals surface area contributed by atoms with Crippen molar-refractivity contribution in [3.8, 4) is 0 Å². The number of hydrogen-bond acceptors (Lipinski definition) is 3. The van der Waals surface area contributed by atoms with Crippen LogP contribution in [0.25, 0.3) is 0 Å². The van der Waals surface area contributed by atoms with Crippen molar-refractivity contribution in [1.82, 2.24) is 5.32 Å². The van der Waals surface area contributed by atoms with Crippen molar-refractivity contribution in [2.24, 2.45) is 0 Å². The van der Waals surface area contributed by atoms with E-state index >= 15 is 0 Å². The summed E-state index contributed by atoms with van der Waals surface area (Å²) < 4.78 is 19.9. The molecule has 7 heteroatoms. The minimum Gasteiger partial charge on any atom is -0.444 e. The first kappa shape index (κ1) is 17.7. The molecule has 0 aromatic heterocycles. The van der Waals surface area contributed by atoms with Gasteiger partial charge in [0, 0.05) is 11.0 Å². The fourth-order valence-electron chi connectivity index (χ4n) is 2.40. The highest BCUT2D eigenvalue weighted by atomic mass is 79.9. The lowest BCUT2D eigenvalue weighted by Gasteiger charge is -2.33. The summed E-state index contributed by atoms with van der Waals surface area (Å²) in [6.45, 7) is 5.67. The van der Waals surface area contributed by atoms with Crippen molar-refractivity contribution >= 4 is 33.6 Å². The highest BCUT2D eigenvalue weighted by molar-refractivity contribution is 9.10. The Bertz CT molecular complexity index is 616. The maximum Gasteiger partial charge on any atom is 0.408 e. The summed E-state index contributed by atoms with van der Waals surface area (Å²) in [4.78, 5) is 25.8. The quantitative estimate of drug-likeness (QED) is 0.844. The van der Waals surface area contributed by atoms with Gasteiger partial charge in [-0.1, -0.05) is 15.9 Å². The number of alkyl carbamates (subject to hydrolysis) is 1. The molecule has 1 fully saturated rings. The zero-order valence-electron chi connectivity index (χ0n) is 13.4. The fraction of sp³-hybridized carbons (Fsp3) is 0.500. The predicted molar refractivity (Wildman–Crippen MR) is 88.8 cm³/mol. The summed E-state index contributed by atoms with van der Waals surface area (Å²) >= 11 is 3.19. The third-order valence-electron chi connectivity index (χ3n) is 3.33. The SMILES string of the molecule is CC(C)(C)OC(=O)NC1CCCN(c2ccc(Br)cc2F)C1=O. The Kier molecular flexibility index (Phi) is 5.29. The Labute approximate surface area is 143 Å². The average Bonchev–Trinajstić information content (AvgIpc) is 2.40. The van der Waals surface area contributed by atoms with E-state index in [9.17, 15) is 14.0 Å². The lowest BCUT2D eigenvalue weighted by molar-refractivity contribution is -0.121. The third-order valence-corrected chi connectivity index (χ3v) is 3.82. The average molecular weight is 387 g/mol. The molecule has 126 valence electrons. The van der Waals surface area contributed by atoms with Gasteiger partial charge < -0.3 is 15.0 Å². The first-order chi connectivity index (χ1) is 10.7. The molecule has 1 aromatic rings. The molecule has 2 amide bonds. The zero-order chi connectivity index (χ0) is 17.2. The van der Waals surface area contributed by atoms with Crippen LogP contribution in [0.4, 0.5) is 14.9 Å². The van der Waals surface area contributed by atoms with Crippen LogP contribution in [-0.4, -0.2) is 30.2 Å². The van der Waals surface area contributed by atoms with Gasteiger partial charge in [-0.05, 0) is 51.8 Å². The van der Waals surface area contributed by atoms with Gasteiger partial charge in [0.25, 0.3) is 0 Å². The zero-order valence-corrected chi connectivity index (χ0v) is 14.9. The molecule has 1 N–H and O–H groups in total. The molecule has 1 aromatic carbocycles. The predicted octanol–water partition coefficient (Wildman–Crippen LogP) is 3.61. The number of amides is 2. The number of benzene rings is 1. The molecular weight excluding hydrogens is 367 g/mol. The van der Waals surface area contributed by atoms with Crippen molar-refractivity contribution in [3.63, 3.8) is 0 Å². The summed E-state index contributed by atoms with van der Waals surface area (Å²) in [7, 11) is 0.